The predicted molar refractivity (Wildman–Crippen MR) is 102 cm³/mol. The molecule has 0 aliphatic carbocycles. The third-order valence-electron chi connectivity index (χ3n) is 4.07. The number of carbonyl (C=O) groups is 1. The van der Waals surface area contributed by atoms with E-state index >= 15 is 0 Å². The molecule has 0 atom stereocenters. The van der Waals surface area contributed by atoms with Crippen molar-refractivity contribution in [3.05, 3.63) is 53.3 Å². The number of hydrogen-bond donors (Lipinski definition) is 0. The van der Waals surface area contributed by atoms with Gasteiger partial charge in [0.25, 0.3) is 0 Å². The lowest BCUT2D eigenvalue weighted by molar-refractivity contribution is -0.129. The number of aryl methyl sites for hydroxylation is 1. The van der Waals surface area contributed by atoms with Gasteiger partial charge in [0.1, 0.15) is 5.82 Å². The van der Waals surface area contributed by atoms with Crippen molar-refractivity contribution in [3.8, 4) is 11.5 Å². The SMILES string of the molecule is COc1cc(C)c(CN(C)C(=O)CCSc2ccc(F)cc2)cc1OC. The van der Waals surface area contributed by atoms with E-state index in [1.54, 1.807) is 50.1 Å². The molecule has 0 spiro atoms. The highest BCUT2D eigenvalue weighted by Crippen LogP contribution is 2.30. The fourth-order valence-electron chi connectivity index (χ4n) is 2.51. The topological polar surface area (TPSA) is 38.8 Å². The predicted octanol–water partition coefficient (Wildman–Crippen LogP) is 4.29. The Hall–Kier alpha value is -2.21. The number of methoxy groups -OCH3 is 2. The van der Waals surface area contributed by atoms with E-state index in [-0.39, 0.29) is 11.7 Å². The van der Waals surface area contributed by atoms with Gasteiger partial charge in [-0.2, -0.15) is 0 Å². The monoisotopic (exact) mass is 377 g/mol. The van der Waals surface area contributed by atoms with E-state index in [2.05, 4.69) is 0 Å². The first-order valence-corrected chi connectivity index (χ1v) is 9.27. The maximum atomic E-state index is 12.9. The Morgan fingerprint density at radius 3 is 2.35 bits per heavy atom. The molecule has 0 bridgehead atoms. The summed E-state index contributed by atoms with van der Waals surface area (Å²) >= 11 is 1.54. The second-order valence-corrected chi connectivity index (χ2v) is 7.10. The zero-order valence-corrected chi connectivity index (χ0v) is 16.4. The summed E-state index contributed by atoms with van der Waals surface area (Å²) in [6.07, 6.45) is 0.422. The van der Waals surface area contributed by atoms with Crippen LogP contribution in [0.4, 0.5) is 4.39 Å². The largest absolute Gasteiger partial charge is 0.493 e. The minimum atomic E-state index is -0.254. The Bertz CT molecular complexity index is 749. The highest BCUT2D eigenvalue weighted by molar-refractivity contribution is 7.99. The lowest BCUT2D eigenvalue weighted by Gasteiger charge is -2.20. The molecule has 4 nitrogen and oxygen atoms in total. The standard InChI is InChI=1S/C20H24FNO3S/c1-14-11-18(24-3)19(25-4)12-15(14)13-22(2)20(23)9-10-26-17-7-5-16(21)6-8-17/h5-8,11-12H,9-10,13H2,1-4H3. The maximum Gasteiger partial charge on any atom is 0.223 e. The first kappa shape index (κ1) is 20.1. The van der Waals surface area contributed by atoms with Gasteiger partial charge in [0.2, 0.25) is 5.91 Å². The van der Waals surface area contributed by atoms with Crippen LogP contribution < -0.4 is 9.47 Å². The van der Waals surface area contributed by atoms with Crippen LogP contribution in [0.1, 0.15) is 17.5 Å². The third-order valence-corrected chi connectivity index (χ3v) is 5.09. The van der Waals surface area contributed by atoms with Crippen LogP contribution in [0.3, 0.4) is 0 Å². The average molecular weight is 377 g/mol. The molecule has 0 radical (unpaired) electrons. The molecule has 2 aromatic carbocycles. The number of benzene rings is 2. The summed E-state index contributed by atoms with van der Waals surface area (Å²) in [6.45, 7) is 2.49. The number of halogens is 1. The fraction of sp³-hybridized carbons (Fsp3) is 0.350. The van der Waals surface area contributed by atoms with Crippen LogP contribution in [-0.4, -0.2) is 37.8 Å². The van der Waals surface area contributed by atoms with E-state index < -0.39 is 0 Å². The van der Waals surface area contributed by atoms with E-state index in [1.165, 1.54) is 12.1 Å². The highest BCUT2D eigenvalue weighted by atomic mass is 32.2. The molecule has 0 unspecified atom stereocenters. The van der Waals surface area contributed by atoms with Crippen molar-refractivity contribution in [2.75, 3.05) is 27.0 Å². The van der Waals surface area contributed by atoms with E-state index in [1.807, 2.05) is 19.1 Å². The normalized spacial score (nSPS) is 10.5. The van der Waals surface area contributed by atoms with Crippen LogP contribution in [0.5, 0.6) is 11.5 Å². The molecule has 2 aromatic rings. The summed E-state index contributed by atoms with van der Waals surface area (Å²) in [6, 6.07) is 10.1. The molecule has 0 saturated heterocycles. The molecule has 6 heteroatoms. The number of nitrogens with zero attached hydrogens (tertiary/aromatic N) is 1. The smallest absolute Gasteiger partial charge is 0.223 e. The fourth-order valence-corrected chi connectivity index (χ4v) is 3.36. The number of ether oxygens (including phenoxy) is 2. The lowest BCUT2D eigenvalue weighted by atomic mass is 10.1. The molecular formula is C20H24FNO3S. The number of amides is 1. The van der Waals surface area contributed by atoms with E-state index in [4.69, 9.17) is 9.47 Å². The number of thioether (sulfide) groups is 1. The van der Waals surface area contributed by atoms with Crippen LogP contribution in [0.25, 0.3) is 0 Å². The van der Waals surface area contributed by atoms with Crippen LogP contribution in [-0.2, 0) is 11.3 Å². The van der Waals surface area contributed by atoms with Crippen LogP contribution >= 0.6 is 11.8 Å². The first-order chi connectivity index (χ1) is 12.4. The Morgan fingerprint density at radius 1 is 1.12 bits per heavy atom. The number of hydrogen-bond acceptors (Lipinski definition) is 4. The van der Waals surface area contributed by atoms with Crippen molar-refractivity contribution in [1.82, 2.24) is 4.90 Å². The van der Waals surface area contributed by atoms with Crippen molar-refractivity contribution < 1.29 is 18.7 Å². The molecular weight excluding hydrogens is 353 g/mol. The van der Waals surface area contributed by atoms with Gasteiger partial charge in [0.05, 0.1) is 14.2 Å². The van der Waals surface area contributed by atoms with Gasteiger partial charge in [0, 0.05) is 30.7 Å². The molecule has 26 heavy (non-hydrogen) atoms. The van der Waals surface area contributed by atoms with Gasteiger partial charge in [-0.25, -0.2) is 4.39 Å². The number of carbonyl (C=O) groups excluding carboxylic acids is 1. The maximum absolute atomic E-state index is 12.9. The number of rotatable bonds is 8. The highest BCUT2D eigenvalue weighted by Gasteiger charge is 2.14. The van der Waals surface area contributed by atoms with Gasteiger partial charge in [0.15, 0.2) is 11.5 Å². The summed E-state index contributed by atoms with van der Waals surface area (Å²) in [4.78, 5) is 15.0. The summed E-state index contributed by atoms with van der Waals surface area (Å²) < 4.78 is 23.5. The average Bonchev–Trinajstić information content (AvgIpc) is 2.64. The summed E-state index contributed by atoms with van der Waals surface area (Å²) in [5.41, 5.74) is 2.06. The van der Waals surface area contributed by atoms with Crippen LogP contribution in [0.15, 0.2) is 41.3 Å². The summed E-state index contributed by atoms with van der Waals surface area (Å²) in [5.74, 6) is 1.79. The molecule has 0 aliphatic rings. The van der Waals surface area contributed by atoms with Crippen molar-refractivity contribution >= 4 is 17.7 Å². The Kier molecular flexibility index (Phi) is 7.33. The second kappa shape index (κ2) is 9.48. The molecule has 0 aromatic heterocycles. The molecule has 0 N–H and O–H groups in total. The van der Waals surface area contributed by atoms with E-state index in [9.17, 15) is 9.18 Å². The van der Waals surface area contributed by atoms with E-state index in [0.717, 1.165) is 16.0 Å². The van der Waals surface area contributed by atoms with Gasteiger partial charge < -0.3 is 14.4 Å². The van der Waals surface area contributed by atoms with Crippen LogP contribution in [0, 0.1) is 12.7 Å². The lowest BCUT2D eigenvalue weighted by Crippen LogP contribution is -2.26. The molecule has 0 aliphatic heterocycles. The second-order valence-electron chi connectivity index (χ2n) is 5.94. The molecule has 0 fully saturated rings. The molecule has 140 valence electrons. The van der Waals surface area contributed by atoms with Crippen molar-refractivity contribution in [1.29, 1.82) is 0 Å². The quantitative estimate of drug-likeness (QED) is 0.643. The van der Waals surface area contributed by atoms with Crippen molar-refractivity contribution in [3.63, 3.8) is 0 Å². The Balaban J connectivity index is 1.91. The zero-order valence-electron chi connectivity index (χ0n) is 15.5. The van der Waals surface area contributed by atoms with Gasteiger partial charge in [-0.1, -0.05) is 0 Å². The zero-order chi connectivity index (χ0) is 19.1. The third kappa shape index (κ3) is 5.39. The minimum Gasteiger partial charge on any atom is -0.493 e. The Labute approximate surface area is 158 Å². The first-order valence-electron chi connectivity index (χ1n) is 8.28. The van der Waals surface area contributed by atoms with Crippen molar-refractivity contribution in [2.45, 2.75) is 24.8 Å². The Morgan fingerprint density at radius 2 is 1.73 bits per heavy atom. The summed E-state index contributed by atoms with van der Waals surface area (Å²) in [7, 11) is 4.99. The molecule has 2 rings (SSSR count). The van der Waals surface area contributed by atoms with Gasteiger partial charge in [-0.15, -0.1) is 11.8 Å². The molecule has 0 saturated carbocycles. The van der Waals surface area contributed by atoms with Crippen molar-refractivity contribution in [2.24, 2.45) is 0 Å². The van der Waals surface area contributed by atoms with Gasteiger partial charge >= 0.3 is 0 Å². The molecule has 0 heterocycles. The summed E-state index contributed by atoms with van der Waals surface area (Å²) in [5, 5.41) is 0. The van der Waals surface area contributed by atoms with E-state index in [0.29, 0.717) is 30.2 Å². The van der Waals surface area contributed by atoms with Gasteiger partial charge in [-0.05, 0) is 54.4 Å². The minimum absolute atomic E-state index is 0.0637. The molecule has 1 amide bonds. The van der Waals surface area contributed by atoms with Gasteiger partial charge in [-0.3, -0.25) is 4.79 Å². The van der Waals surface area contributed by atoms with Crippen LogP contribution in [0.2, 0.25) is 0 Å².